The molecule has 0 aliphatic carbocycles. The average molecular weight is 397 g/mol. The fourth-order valence-electron chi connectivity index (χ4n) is 2.47. The van der Waals surface area contributed by atoms with Gasteiger partial charge in [0.25, 0.3) is 0 Å². The highest BCUT2D eigenvalue weighted by atomic mass is 32.2. The van der Waals surface area contributed by atoms with Crippen molar-refractivity contribution >= 4 is 18.2 Å². The molecule has 0 spiro atoms. The molecule has 1 aromatic rings. The Hall–Kier alpha value is -0.913. The molecule has 0 saturated heterocycles. The van der Waals surface area contributed by atoms with Gasteiger partial charge < -0.3 is 4.43 Å². The Morgan fingerprint density at radius 1 is 1.15 bits per heavy atom. The molecule has 0 aliphatic heterocycles. The zero-order valence-electron chi connectivity index (χ0n) is 17.7. The molecule has 26 heavy (non-hydrogen) atoms. The number of rotatable bonds is 8. The number of hydrogen-bond donors (Lipinski definition) is 0. The minimum absolute atomic E-state index is 0.0788. The number of benzene rings is 1. The third-order valence-corrected chi connectivity index (χ3v) is 12.3. The molecule has 5 heteroatoms. The van der Waals surface area contributed by atoms with E-state index in [1.54, 1.807) is 24.3 Å². The highest BCUT2D eigenvalue weighted by Gasteiger charge is 2.39. The van der Waals surface area contributed by atoms with E-state index < -0.39 is 23.4 Å². The van der Waals surface area contributed by atoms with Crippen LogP contribution in [0.5, 0.6) is 0 Å². The standard InChI is InChI=1S/C21H36O3SSi/c1-17(2)14-15-20(25(22,23)19-12-10-9-11-13-19)18(3)16-24-26(7,8)21(4,5)6/h9-14,18,20H,15-16H2,1-8H3/t18-,20?/m1/s1. The van der Waals surface area contributed by atoms with E-state index in [0.29, 0.717) is 17.9 Å². The summed E-state index contributed by atoms with van der Waals surface area (Å²) in [5.74, 6) is -0.0788. The smallest absolute Gasteiger partial charge is 0.191 e. The number of allylic oxidation sites excluding steroid dienone is 2. The molecule has 148 valence electrons. The zero-order chi connectivity index (χ0) is 20.2. The zero-order valence-corrected chi connectivity index (χ0v) is 19.5. The quantitative estimate of drug-likeness (QED) is 0.409. The van der Waals surface area contributed by atoms with Crippen LogP contribution in [0.4, 0.5) is 0 Å². The van der Waals surface area contributed by atoms with Crippen LogP contribution < -0.4 is 0 Å². The summed E-state index contributed by atoms with van der Waals surface area (Å²) in [6, 6.07) is 8.77. The first-order valence-corrected chi connectivity index (χ1v) is 13.8. The maximum atomic E-state index is 13.2. The molecule has 1 rings (SSSR count). The summed E-state index contributed by atoms with van der Waals surface area (Å²) in [6.07, 6.45) is 2.54. The highest BCUT2D eigenvalue weighted by Crippen LogP contribution is 2.37. The van der Waals surface area contributed by atoms with Gasteiger partial charge in [0.1, 0.15) is 0 Å². The summed E-state index contributed by atoms with van der Waals surface area (Å²) in [7, 11) is -5.32. The fraction of sp³-hybridized carbons (Fsp3) is 0.619. The van der Waals surface area contributed by atoms with E-state index in [9.17, 15) is 8.42 Å². The normalized spacial score (nSPS) is 15.4. The second kappa shape index (κ2) is 8.85. The van der Waals surface area contributed by atoms with Crippen molar-refractivity contribution in [1.82, 2.24) is 0 Å². The molecule has 0 N–H and O–H groups in total. The fourth-order valence-corrected chi connectivity index (χ4v) is 5.50. The van der Waals surface area contributed by atoms with Crippen molar-refractivity contribution < 1.29 is 12.8 Å². The molecule has 3 nitrogen and oxygen atoms in total. The molecule has 1 unspecified atom stereocenters. The molecule has 0 bridgehead atoms. The predicted molar refractivity (Wildman–Crippen MR) is 114 cm³/mol. The van der Waals surface area contributed by atoms with Crippen molar-refractivity contribution in [1.29, 1.82) is 0 Å². The van der Waals surface area contributed by atoms with Crippen LogP contribution in [0.2, 0.25) is 18.1 Å². The van der Waals surface area contributed by atoms with Crippen molar-refractivity contribution in [3.05, 3.63) is 42.0 Å². The first kappa shape index (κ1) is 23.1. The monoisotopic (exact) mass is 396 g/mol. The first-order valence-electron chi connectivity index (χ1n) is 9.35. The Balaban J connectivity index is 3.09. The largest absolute Gasteiger partial charge is 0.417 e. The van der Waals surface area contributed by atoms with Gasteiger partial charge in [0.2, 0.25) is 0 Å². The Morgan fingerprint density at radius 2 is 1.69 bits per heavy atom. The van der Waals surface area contributed by atoms with Gasteiger partial charge in [-0.15, -0.1) is 0 Å². The number of hydrogen-bond acceptors (Lipinski definition) is 3. The Kier molecular flexibility index (Phi) is 7.87. The molecule has 0 amide bonds. The first-order chi connectivity index (χ1) is 11.8. The maximum Gasteiger partial charge on any atom is 0.191 e. The van der Waals surface area contributed by atoms with E-state index in [0.717, 1.165) is 5.57 Å². The molecule has 0 fully saturated rings. The van der Waals surface area contributed by atoms with Gasteiger partial charge in [0.05, 0.1) is 10.1 Å². The second-order valence-corrected chi connectivity index (χ2v) is 15.9. The summed E-state index contributed by atoms with van der Waals surface area (Å²) in [6.45, 7) is 17.5. The molecule has 0 saturated carbocycles. The third-order valence-electron chi connectivity index (χ3n) is 5.38. The van der Waals surface area contributed by atoms with Crippen molar-refractivity contribution in [2.45, 2.75) is 76.2 Å². The van der Waals surface area contributed by atoms with Crippen LogP contribution in [0.15, 0.2) is 46.9 Å². The SMILES string of the molecule is CC(C)=CCC([C@H](C)CO[Si](C)(C)C(C)(C)C)S(=O)(=O)c1ccccc1. The Bertz CT molecular complexity index is 697. The lowest BCUT2D eigenvalue weighted by Gasteiger charge is -2.37. The second-order valence-electron chi connectivity index (χ2n) is 8.96. The topological polar surface area (TPSA) is 43.4 Å². The van der Waals surface area contributed by atoms with Crippen molar-refractivity contribution in [3.8, 4) is 0 Å². The lowest BCUT2D eigenvalue weighted by atomic mass is 10.1. The van der Waals surface area contributed by atoms with Crippen molar-refractivity contribution in [3.63, 3.8) is 0 Å². The van der Waals surface area contributed by atoms with Crippen LogP contribution in [0.3, 0.4) is 0 Å². The Labute approximate surface area is 161 Å². The van der Waals surface area contributed by atoms with Crippen LogP contribution in [0.1, 0.15) is 48.0 Å². The molecular weight excluding hydrogens is 360 g/mol. The lowest BCUT2D eigenvalue weighted by molar-refractivity contribution is 0.232. The molecule has 0 aromatic heterocycles. The van der Waals surface area contributed by atoms with E-state index in [1.165, 1.54) is 0 Å². The van der Waals surface area contributed by atoms with Crippen LogP contribution in [0, 0.1) is 5.92 Å². The van der Waals surface area contributed by atoms with Crippen LogP contribution in [-0.4, -0.2) is 28.6 Å². The van der Waals surface area contributed by atoms with E-state index in [4.69, 9.17) is 4.43 Å². The van der Waals surface area contributed by atoms with E-state index >= 15 is 0 Å². The summed E-state index contributed by atoms with van der Waals surface area (Å²) in [5, 5.41) is -0.370. The van der Waals surface area contributed by atoms with E-state index in [2.05, 4.69) is 33.9 Å². The van der Waals surface area contributed by atoms with Crippen molar-refractivity contribution in [2.75, 3.05) is 6.61 Å². The van der Waals surface area contributed by atoms with Gasteiger partial charge in [-0.3, -0.25) is 0 Å². The summed E-state index contributed by atoms with van der Waals surface area (Å²) < 4.78 is 32.8. The predicted octanol–water partition coefficient (Wildman–Crippen LogP) is 5.84. The van der Waals surface area contributed by atoms with E-state index in [1.807, 2.05) is 32.9 Å². The van der Waals surface area contributed by atoms with Gasteiger partial charge in [0, 0.05) is 6.61 Å². The van der Waals surface area contributed by atoms with E-state index in [-0.39, 0.29) is 11.0 Å². The average Bonchev–Trinajstić information content (AvgIpc) is 2.52. The summed E-state index contributed by atoms with van der Waals surface area (Å²) in [4.78, 5) is 0.395. The van der Waals surface area contributed by atoms with Crippen LogP contribution >= 0.6 is 0 Å². The van der Waals surface area contributed by atoms with Gasteiger partial charge in [0.15, 0.2) is 18.2 Å². The minimum Gasteiger partial charge on any atom is -0.417 e. The van der Waals surface area contributed by atoms with Gasteiger partial charge in [-0.05, 0) is 56.5 Å². The van der Waals surface area contributed by atoms with Crippen molar-refractivity contribution in [2.24, 2.45) is 5.92 Å². The highest BCUT2D eigenvalue weighted by molar-refractivity contribution is 7.92. The number of sulfone groups is 1. The van der Waals surface area contributed by atoms with Gasteiger partial charge in [-0.25, -0.2) is 8.42 Å². The lowest BCUT2D eigenvalue weighted by Crippen LogP contribution is -2.43. The molecule has 1 aromatic carbocycles. The molecule has 0 aliphatic rings. The summed E-state index contributed by atoms with van der Waals surface area (Å²) >= 11 is 0. The van der Waals surface area contributed by atoms with Crippen LogP contribution in [-0.2, 0) is 14.3 Å². The molecule has 0 heterocycles. The molecular formula is C21H36O3SSi. The van der Waals surface area contributed by atoms with Crippen LogP contribution in [0.25, 0.3) is 0 Å². The third kappa shape index (κ3) is 6.07. The van der Waals surface area contributed by atoms with Gasteiger partial charge in [-0.2, -0.15) is 0 Å². The maximum absolute atomic E-state index is 13.2. The van der Waals surface area contributed by atoms with Gasteiger partial charge >= 0.3 is 0 Å². The molecule has 0 radical (unpaired) electrons. The minimum atomic E-state index is -3.41. The molecule has 2 atom stereocenters. The van der Waals surface area contributed by atoms with Gasteiger partial charge in [-0.1, -0.05) is 57.5 Å². The summed E-state index contributed by atoms with van der Waals surface area (Å²) in [5.41, 5.74) is 1.13. The Morgan fingerprint density at radius 3 is 2.15 bits per heavy atom.